The first-order valence-electron chi connectivity index (χ1n) is 4.72. The fourth-order valence-electron chi connectivity index (χ4n) is 1.71. The molecular formula is C10H11NO2. The quantitative estimate of drug-likeness (QED) is 0.673. The molecule has 1 aromatic carbocycles. The van der Waals surface area contributed by atoms with Crippen molar-refractivity contribution < 1.29 is 9.90 Å². The molecule has 0 fully saturated rings. The van der Waals surface area contributed by atoms with Gasteiger partial charge in [-0.3, -0.25) is 4.79 Å². The van der Waals surface area contributed by atoms with Crippen molar-refractivity contribution >= 4 is 5.97 Å². The largest absolute Gasteiger partial charge is 0.480 e. The van der Waals surface area contributed by atoms with Gasteiger partial charge in [-0.2, -0.15) is 0 Å². The number of carbonyl (C=O) groups is 1. The van der Waals surface area contributed by atoms with E-state index < -0.39 is 12.0 Å². The number of nitrogens with one attached hydrogen (secondary N) is 1. The molecule has 2 N–H and O–H groups in total. The van der Waals surface area contributed by atoms with Crippen LogP contribution in [-0.2, 0) is 11.2 Å². The summed E-state index contributed by atoms with van der Waals surface area (Å²) in [5.74, 6) is -0.544. The second-order valence-electron chi connectivity index (χ2n) is 3.15. The lowest BCUT2D eigenvalue weighted by molar-refractivity contribution is -0.139. The lowest BCUT2D eigenvalue weighted by Gasteiger charge is -2.23. The summed E-state index contributed by atoms with van der Waals surface area (Å²) < 4.78 is 6.60. The molecular weight excluding hydrogens is 166 g/mol. The van der Waals surface area contributed by atoms with E-state index in [0.717, 1.165) is 24.1 Å². The van der Waals surface area contributed by atoms with Gasteiger partial charge >= 0.3 is 5.97 Å². The van der Waals surface area contributed by atoms with Crippen LogP contribution in [0.5, 0.6) is 0 Å². The molecule has 0 saturated heterocycles. The highest BCUT2D eigenvalue weighted by Crippen LogP contribution is 2.22. The second kappa shape index (κ2) is 3.18. The molecule has 1 aliphatic heterocycles. The van der Waals surface area contributed by atoms with Gasteiger partial charge in [0.2, 0.25) is 0 Å². The summed E-state index contributed by atoms with van der Waals surface area (Å²) in [7, 11) is 0. The van der Waals surface area contributed by atoms with Crippen LogP contribution >= 0.6 is 0 Å². The van der Waals surface area contributed by atoms with E-state index in [1.54, 1.807) is 0 Å². The van der Waals surface area contributed by atoms with Gasteiger partial charge in [0.05, 0.1) is 0 Å². The van der Waals surface area contributed by atoms with Crippen LogP contribution in [0.1, 0.15) is 17.2 Å². The maximum atomic E-state index is 11.3. The monoisotopic (exact) mass is 178 g/mol. The standard InChI is InChI=1S/C10H11NO2/c12-10(13)9-8-4-2-1-3-7(8)5-6-11-9/h1-4,9,11H,5-6H2,(H,12,13)/i/hD. The Morgan fingerprint density at radius 2 is 2.46 bits per heavy atom. The number of fused-ring (bicyclic) bond motifs is 1. The summed E-state index contributed by atoms with van der Waals surface area (Å²) >= 11 is 0. The second-order valence-corrected chi connectivity index (χ2v) is 3.15. The van der Waals surface area contributed by atoms with E-state index in [-0.39, 0.29) is 0 Å². The van der Waals surface area contributed by atoms with Crippen LogP contribution in [0.4, 0.5) is 0 Å². The predicted octanol–water partition coefficient (Wildman–Crippen LogP) is 0.958. The molecule has 0 spiro atoms. The van der Waals surface area contributed by atoms with Crippen molar-refractivity contribution in [2.75, 3.05) is 6.54 Å². The van der Waals surface area contributed by atoms with Crippen LogP contribution in [0, 0.1) is 0 Å². The SMILES string of the molecule is [2H]OC(=O)C1NCCc2ccccc21. The molecule has 0 saturated carbocycles. The molecule has 3 heteroatoms. The maximum absolute atomic E-state index is 11.3. The molecule has 0 bridgehead atoms. The van der Waals surface area contributed by atoms with Crippen LogP contribution in [0.2, 0.25) is 0 Å². The number of carboxylic acids is 1. The van der Waals surface area contributed by atoms with E-state index in [1.165, 1.54) is 0 Å². The normalized spacial score (nSPS) is 21.5. The van der Waals surface area contributed by atoms with Crippen molar-refractivity contribution in [3.63, 3.8) is 0 Å². The zero-order chi connectivity index (χ0) is 9.97. The summed E-state index contributed by atoms with van der Waals surface area (Å²) in [6.45, 7) is 0.747. The van der Waals surface area contributed by atoms with E-state index in [4.69, 9.17) is 1.43 Å². The molecule has 2 rings (SSSR count). The van der Waals surface area contributed by atoms with Crippen molar-refractivity contribution in [1.29, 1.82) is 1.43 Å². The number of hydrogen-bond donors (Lipinski definition) is 2. The minimum Gasteiger partial charge on any atom is -0.480 e. The summed E-state index contributed by atoms with van der Waals surface area (Å²) in [4.78, 5) is 11.3. The Kier molecular flexibility index (Phi) is 1.74. The van der Waals surface area contributed by atoms with Crippen molar-refractivity contribution in [3.05, 3.63) is 35.4 Å². The average molecular weight is 178 g/mol. The molecule has 1 aliphatic rings. The van der Waals surface area contributed by atoms with E-state index in [9.17, 15) is 4.79 Å². The first-order valence-corrected chi connectivity index (χ1v) is 4.31. The Balaban J connectivity index is 2.35. The highest BCUT2D eigenvalue weighted by molar-refractivity contribution is 5.76. The molecule has 13 heavy (non-hydrogen) atoms. The molecule has 0 aliphatic carbocycles. The van der Waals surface area contributed by atoms with Gasteiger partial charge in [0.1, 0.15) is 6.04 Å². The minimum absolute atomic E-state index is 0.475. The van der Waals surface area contributed by atoms with Gasteiger partial charge in [0.25, 0.3) is 1.43 Å². The van der Waals surface area contributed by atoms with E-state index >= 15 is 0 Å². The van der Waals surface area contributed by atoms with E-state index in [0.29, 0.717) is 0 Å². The Bertz CT molecular complexity index is 354. The van der Waals surface area contributed by atoms with Gasteiger partial charge in [0, 0.05) is 6.54 Å². The number of rotatable bonds is 1. The summed E-state index contributed by atoms with van der Waals surface area (Å²) in [6.07, 6.45) is 0.915. The molecule has 0 radical (unpaired) electrons. The Hall–Kier alpha value is -1.35. The Labute approximate surface area is 77.9 Å². The zero-order valence-corrected chi connectivity index (χ0v) is 7.12. The number of aliphatic carboxylic acids is 1. The van der Waals surface area contributed by atoms with Crippen LogP contribution in [0.3, 0.4) is 0 Å². The van der Waals surface area contributed by atoms with Gasteiger partial charge < -0.3 is 10.4 Å². The van der Waals surface area contributed by atoms with Gasteiger partial charge in [0.15, 0.2) is 0 Å². The number of benzene rings is 1. The first kappa shape index (κ1) is 7.09. The third kappa shape index (κ3) is 1.42. The number of hydrogen-bond acceptors (Lipinski definition) is 3. The summed E-state index contributed by atoms with van der Waals surface area (Å²) in [6, 6.07) is 7.25. The third-order valence-corrected chi connectivity index (χ3v) is 2.34. The molecule has 1 atom stereocenters. The average Bonchev–Trinajstić information content (AvgIpc) is 2.27. The Morgan fingerprint density at radius 1 is 1.62 bits per heavy atom. The summed E-state index contributed by atoms with van der Waals surface area (Å²) in [5.41, 5.74) is 2.08. The van der Waals surface area contributed by atoms with Crippen molar-refractivity contribution in [1.82, 2.24) is 5.32 Å². The number of carboxylic acid groups (broad SMARTS) is 1. The van der Waals surface area contributed by atoms with Crippen molar-refractivity contribution in [2.45, 2.75) is 12.5 Å². The lowest BCUT2D eigenvalue weighted by atomic mass is 9.95. The fourth-order valence-corrected chi connectivity index (χ4v) is 1.71. The van der Waals surface area contributed by atoms with Gasteiger partial charge in [-0.05, 0) is 17.5 Å². The first-order chi connectivity index (χ1) is 6.83. The topological polar surface area (TPSA) is 49.3 Å². The van der Waals surface area contributed by atoms with Crippen molar-refractivity contribution in [3.8, 4) is 0 Å². The third-order valence-electron chi connectivity index (χ3n) is 2.34. The highest BCUT2D eigenvalue weighted by Gasteiger charge is 2.24. The van der Waals surface area contributed by atoms with E-state index in [2.05, 4.69) is 10.4 Å². The zero-order valence-electron chi connectivity index (χ0n) is 8.12. The van der Waals surface area contributed by atoms with Crippen molar-refractivity contribution in [2.24, 2.45) is 0 Å². The molecule has 0 aromatic heterocycles. The van der Waals surface area contributed by atoms with Gasteiger partial charge in [-0.15, -0.1) is 0 Å². The van der Waals surface area contributed by atoms with Crippen LogP contribution in [0.15, 0.2) is 24.3 Å². The van der Waals surface area contributed by atoms with Crippen LogP contribution < -0.4 is 5.32 Å². The van der Waals surface area contributed by atoms with Crippen LogP contribution in [-0.4, -0.2) is 17.6 Å². The molecule has 1 aromatic rings. The van der Waals surface area contributed by atoms with Gasteiger partial charge in [-0.1, -0.05) is 24.3 Å². The summed E-state index contributed by atoms with van der Waals surface area (Å²) in [5, 5.41) is 7.03. The maximum Gasteiger partial charge on any atom is 0.325 e. The molecule has 1 heterocycles. The minimum atomic E-state index is -0.544. The molecule has 1 unspecified atom stereocenters. The lowest BCUT2D eigenvalue weighted by Crippen LogP contribution is -2.34. The van der Waals surface area contributed by atoms with Crippen LogP contribution in [0.25, 0.3) is 1.43 Å². The Morgan fingerprint density at radius 3 is 3.31 bits per heavy atom. The molecule has 68 valence electrons. The smallest absolute Gasteiger partial charge is 0.325 e. The highest BCUT2D eigenvalue weighted by atomic mass is 16.4. The predicted molar refractivity (Wildman–Crippen MR) is 48.5 cm³/mol. The van der Waals surface area contributed by atoms with Gasteiger partial charge in [-0.25, -0.2) is 0 Å². The molecule has 0 amide bonds. The molecule has 3 nitrogen and oxygen atoms in total. The van der Waals surface area contributed by atoms with E-state index in [1.807, 2.05) is 24.3 Å². The fraction of sp³-hybridized carbons (Fsp3) is 0.300.